The Labute approximate surface area is 177 Å². The van der Waals surface area contributed by atoms with E-state index in [0.717, 1.165) is 32.1 Å². The van der Waals surface area contributed by atoms with Crippen molar-refractivity contribution in [3.63, 3.8) is 0 Å². The maximum atomic E-state index is 14.5. The van der Waals surface area contributed by atoms with Gasteiger partial charge in [-0.2, -0.15) is 5.26 Å². The molecule has 1 aromatic carbocycles. The number of carbonyl (C=O) groups is 1. The van der Waals surface area contributed by atoms with Gasteiger partial charge < -0.3 is 15.6 Å². The average Bonchev–Trinajstić information content (AvgIpc) is 2.80. The molecule has 3 aliphatic carbocycles. The number of nitrogens with one attached hydrogen (secondary N) is 1. The minimum atomic E-state index is -0.409. The summed E-state index contributed by atoms with van der Waals surface area (Å²) in [6, 6.07) is 7.82. The number of hydrogen-bond donors (Lipinski definition) is 2. The van der Waals surface area contributed by atoms with Crippen LogP contribution in [-0.4, -0.2) is 35.7 Å². The number of carbonyl (C=O) groups excluding carboxylic acids is 1. The molecule has 1 aliphatic heterocycles. The molecule has 4 aliphatic rings. The van der Waals surface area contributed by atoms with E-state index in [2.05, 4.69) is 17.9 Å². The summed E-state index contributed by atoms with van der Waals surface area (Å²) in [5, 5.41) is 20.3. The first kappa shape index (κ1) is 19.7. The van der Waals surface area contributed by atoms with Gasteiger partial charge in [0, 0.05) is 24.4 Å². The van der Waals surface area contributed by atoms with Crippen LogP contribution in [0.4, 0.5) is 10.1 Å². The van der Waals surface area contributed by atoms with Gasteiger partial charge in [0.1, 0.15) is 11.5 Å². The SMILES string of the molecule is C[NH2+]c1cccc(F)c1C(=N)C(C)CC(=O)N1C2CC3(C#N)CC4(C2)CC1C4(C)C3. The Morgan fingerprint density at radius 3 is 2.87 bits per heavy atom. The number of piperidine rings is 2. The minimum Gasteiger partial charge on any atom is -0.336 e. The zero-order valence-electron chi connectivity index (χ0n) is 18.0. The van der Waals surface area contributed by atoms with Gasteiger partial charge in [0.2, 0.25) is 5.91 Å². The fraction of sp³-hybridized carbons (Fsp3) is 0.625. The highest BCUT2D eigenvalue weighted by molar-refractivity contribution is 6.04. The first-order valence-electron chi connectivity index (χ1n) is 11.1. The third kappa shape index (κ3) is 2.30. The van der Waals surface area contributed by atoms with Crippen LogP contribution in [0.3, 0.4) is 0 Å². The Kier molecular flexibility index (Phi) is 4.03. The number of nitrogens with two attached hydrogens (primary N) is 1. The summed E-state index contributed by atoms with van der Waals surface area (Å²) in [4.78, 5) is 15.5. The van der Waals surface area contributed by atoms with Crippen LogP contribution in [0.1, 0.15) is 57.9 Å². The molecule has 3 N–H and O–H groups in total. The van der Waals surface area contributed by atoms with Crippen molar-refractivity contribution in [1.82, 2.24) is 4.90 Å². The topological polar surface area (TPSA) is 84.6 Å². The number of fused-ring (bicyclic) bond motifs is 4. The Morgan fingerprint density at radius 1 is 1.40 bits per heavy atom. The van der Waals surface area contributed by atoms with E-state index in [4.69, 9.17) is 5.41 Å². The molecular weight excluding hydrogens is 379 g/mol. The van der Waals surface area contributed by atoms with Gasteiger partial charge in [-0.15, -0.1) is 0 Å². The molecule has 3 saturated carbocycles. The average molecular weight is 410 g/mol. The molecule has 6 heteroatoms. The Bertz CT molecular complexity index is 1000. The maximum Gasteiger partial charge on any atom is 0.223 e. The van der Waals surface area contributed by atoms with E-state index in [0.29, 0.717) is 11.3 Å². The third-order valence-corrected chi connectivity index (χ3v) is 9.02. The monoisotopic (exact) mass is 409 g/mol. The molecule has 5 rings (SSSR count). The zero-order valence-corrected chi connectivity index (χ0v) is 18.0. The Hall–Kier alpha value is -2.26. The minimum absolute atomic E-state index is 0.0536. The molecule has 4 fully saturated rings. The summed E-state index contributed by atoms with van der Waals surface area (Å²) in [5.41, 5.74) is 1.22. The van der Waals surface area contributed by atoms with Crippen LogP contribution in [0, 0.1) is 44.7 Å². The van der Waals surface area contributed by atoms with Gasteiger partial charge in [0.15, 0.2) is 0 Å². The summed E-state index contributed by atoms with van der Waals surface area (Å²) in [5.74, 6) is -0.708. The number of nitriles is 1. The summed E-state index contributed by atoms with van der Waals surface area (Å²) >= 11 is 0. The standard InChI is InChI=1S/C24H29FN4O/c1-14(21(27)20-16(25)5-4-6-17(20)28-3)7-19(30)29-15-8-23(13-26)11-22(2)18(29)10-24(22,9-15)12-23/h4-6,14-15,18,27-28H,7-12H2,1-3H3/p+1. The zero-order chi connectivity index (χ0) is 21.5. The van der Waals surface area contributed by atoms with Gasteiger partial charge in [-0.3, -0.25) is 4.79 Å². The summed E-state index contributed by atoms with van der Waals surface area (Å²) in [6.45, 7) is 4.14. The Morgan fingerprint density at radius 2 is 2.17 bits per heavy atom. The lowest BCUT2D eigenvalue weighted by Crippen LogP contribution is -2.73. The second-order valence-corrected chi connectivity index (χ2v) is 10.5. The van der Waals surface area contributed by atoms with Crippen molar-refractivity contribution in [2.45, 2.75) is 64.5 Å². The number of quaternary nitrogens is 1. The molecule has 6 atom stereocenters. The molecule has 1 heterocycles. The lowest BCUT2D eigenvalue weighted by Gasteiger charge is -2.70. The van der Waals surface area contributed by atoms with Crippen molar-refractivity contribution < 1.29 is 14.5 Å². The molecule has 5 nitrogen and oxygen atoms in total. The van der Waals surface area contributed by atoms with Gasteiger partial charge in [-0.25, -0.2) is 4.39 Å². The molecular formula is C24H30FN4O+. The molecule has 4 bridgehead atoms. The first-order valence-corrected chi connectivity index (χ1v) is 11.1. The van der Waals surface area contributed by atoms with Crippen molar-refractivity contribution in [2.75, 3.05) is 7.05 Å². The molecule has 1 amide bonds. The van der Waals surface area contributed by atoms with Crippen LogP contribution in [-0.2, 0) is 4.79 Å². The highest BCUT2D eigenvalue weighted by atomic mass is 19.1. The van der Waals surface area contributed by atoms with Crippen LogP contribution in [0.25, 0.3) is 0 Å². The van der Waals surface area contributed by atoms with Crippen LogP contribution >= 0.6 is 0 Å². The molecule has 6 unspecified atom stereocenters. The van der Waals surface area contributed by atoms with Gasteiger partial charge in [-0.1, -0.05) is 19.9 Å². The van der Waals surface area contributed by atoms with Crippen LogP contribution in [0.2, 0.25) is 0 Å². The summed E-state index contributed by atoms with van der Waals surface area (Å²) in [6.07, 6.45) is 4.96. The molecule has 1 spiro atoms. The van der Waals surface area contributed by atoms with E-state index in [1.165, 1.54) is 6.07 Å². The molecule has 0 radical (unpaired) electrons. The summed E-state index contributed by atoms with van der Waals surface area (Å²) < 4.78 is 14.5. The molecule has 0 aromatic heterocycles. The lowest BCUT2D eigenvalue weighted by atomic mass is 9.43. The largest absolute Gasteiger partial charge is 0.336 e. The van der Waals surface area contributed by atoms with E-state index in [9.17, 15) is 14.4 Å². The predicted octanol–water partition coefficient (Wildman–Crippen LogP) is 3.12. The van der Waals surface area contributed by atoms with Gasteiger partial charge >= 0.3 is 0 Å². The highest BCUT2D eigenvalue weighted by Gasteiger charge is 2.79. The number of rotatable bonds is 5. The predicted molar refractivity (Wildman–Crippen MR) is 111 cm³/mol. The smallest absolute Gasteiger partial charge is 0.223 e. The van der Waals surface area contributed by atoms with Crippen LogP contribution in [0.15, 0.2) is 18.2 Å². The maximum absolute atomic E-state index is 14.5. The molecule has 1 saturated heterocycles. The van der Waals surface area contributed by atoms with Crippen molar-refractivity contribution in [2.24, 2.45) is 22.2 Å². The van der Waals surface area contributed by atoms with Crippen molar-refractivity contribution in [3.8, 4) is 6.07 Å². The van der Waals surface area contributed by atoms with E-state index in [1.807, 2.05) is 14.0 Å². The molecule has 158 valence electrons. The van der Waals surface area contributed by atoms with E-state index in [1.54, 1.807) is 17.4 Å². The van der Waals surface area contributed by atoms with Gasteiger partial charge in [0.05, 0.1) is 29.8 Å². The van der Waals surface area contributed by atoms with Crippen LogP contribution in [0.5, 0.6) is 0 Å². The van der Waals surface area contributed by atoms with Crippen LogP contribution < -0.4 is 5.32 Å². The fourth-order valence-electron chi connectivity index (χ4n) is 7.69. The molecule has 30 heavy (non-hydrogen) atoms. The quantitative estimate of drug-likeness (QED) is 0.578. The van der Waals surface area contributed by atoms with Crippen molar-refractivity contribution in [3.05, 3.63) is 29.6 Å². The number of hydrogen-bond acceptors (Lipinski definition) is 3. The van der Waals surface area contributed by atoms with E-state index >= 15 is 0 Å². The van der Waals surface area contributed by atoms with E-state index < -0.39 is 5.82 Å². The fourth-order valence-corrected chi connectivity index (χ4v) is 7.69. The van der Waals surface area contributed by atoms with Gasteiger partial charge in [-0.05, 0) is 55.1 Å². The lowest BCUT2D eigenvalue weighted by molar-refractivity contribution is -0.539. The first-order chi connectivity index (χ1) is 14.2. The number of likely N-dealkylation sites (tertiary alicyclic amines) is 1. The van der Waals surface area contributed by atoms with Crippen molar-refractivity contribution >= 4 is 17.3 Å². The number of nitrogens with zero attached hydrogens (tertiary/aromatic N) is 2. The normalized spacial score (nSPS) is 38.7. The second kappa shape index (κ2) is 6.13. The van der Waals surface area contributed by atoms with Gasteiger partial charge in [0.25, 0.3) is 0 Å². The second-order valence-electron chi connectivity index (χ2n) is 10.5. The van der Waals surface area contributed by atoms with Crippen molar-refractivity contribution in [1.29, 1.82) is 10.7 Å². The van der Waals surface area contributed by atoms with E-state index in [-0.39, 0.29) is 52.3 Å². The number of amides is 1. The highest BCUT2D eigenvalue weighted by Crippen LogP contribution is 2.80. The number of benzene rings is 1. The summed E-state index contributed by atoms with van der Waals surface area (Å²) in [7, 11) is 1.83. The molecule has 1 aromatic rings. The third-order valence-electron chi connectivity index (χ3n) is 9.02. The Balaban J connectivity index is 1.37. The number of halogens is 1.